The van der Waals surface area contributed by atoms with Gasteiger partial charge in [0, 0.05) is 36.4 Å². The lowest BCUT2D eigenvalue weighted by Crippen LogP contribution is -2.28. The minimum atomic E-state index is 0.0145. The summed E-state index contributed by atoms with van der Waals surface area (Å²) in [4.78, 5) is 22.8. The molecule has 1 heterocycles. The molecule has 0 saturated heterocycles. The fraction of sp³-hybridized carbons (Fsp3) is 0.357. The van der Waals surface area contributed by atoms with Crippen molar-refractivity contribution in [1.29, 1.82) is 0 Å². The zero-order chi connectivity index (χ0) is 13.8. The lowest BCUT2D eigenvalue weighted by Gasteiger charge is -2.18. The molecule has 0 saturated carbocycles. The maximum absolute atomic E-state index is 12.3. The molecule has 100 valence electrons. The van der Waals surface area contributed by atoms with Crippen molar-refractivity contribution in [2.24, 2.45) is 0 Å². The number of benzene rings is 1. The molecule has 0 aliphatic heterocycles. The lowest BCUT2D eigenvalue weighted by molar-refractivity contribution is 0.0794. The molecule has 1 amide bonds. The number of halogens is 1. The molecule has 0 aliphatic rings. The Balaban J connectivity index is 2.16. The van der Waals surface area contributed by atoms with E-state index in [-0.39, 0.29) is 5.91 Å². The highest BCUT2D eigenvalue weighted by molar-refractivity contribution is 9.09. The van der Waals surface area contributed by atoms with Crippen LogP contribution < -0.4 is 0 Å². The van der Waals surface area contributed by atoms with Gasteiger partial charge in [-0.25, -0.2) is 0 Å². The lowest BCUT2D eigenvalue weighted by atomic mass is 10.1. The minimum absolute atomic E-state index is 0.0145. The van der Waals surface area contributed by atoms with E-state index >= 15 is 0 Å². The molecule has 1 aromatic heterocycles. The van der Waals surface area contributed by atoms with Crippen LogP contribution in [0, 0.1) is 0 Å². The summed E-state index contributed by atoms with van der Waals surface area (Å²) in [5, 5.41) is 0. The molecule has 0 fully saturated rings. The van der Waals surface area contributed by atoms with Crippen LogP contribution in [0.3, 0.4) is 0 Å². The molecule has 5 heteroatoms. The van der Waals surface area contributed by atoms with E-state index in [1.54, 1.807) is 29.4 Å². The number of carbonyl (C=O) groups is 1. The van der Waals surface area contributed by atoms with E-state index in [1.165, 1.54) is 0 Å². The number of nitrogens with zero attached hydrogens (tertiary/aromatic N) is 3. The molecular formula is C14H16BrN3O. The first kappa shape index (κ1) is 13.9. The van der Waals surface area contributed by atoms with Crippen LogP contribution in [0.2, 0.25) is 0 Å². The van der Waals surface area contributed by atoms with E-state index in [1.807, 2.05) is 13.1 Å². The largest absolute Gasteiger partial charge is 0.342 e. The fourth-order valence-corrected chi connectivity index (χ4v) is 1.99. The van der Waals surface area contributed by atoms with Crippen LogP contribution in [0.4, 0.5) is 0 Å². The van der Waals surface area contributed by atoms with Crippen molar-refractivity contribution in [1.82, 2.24) is 14.9 Å². The Kier molecular flexibility index (Phi) is 4.47. The van der Waals surface area contributed by atoms with Crippen LogP contribution in [0.1, 0.15) is 23.7 Å². The molecule has 1 atom stereocenters. The first-order chi connectivity index (χ1) is 9.08. The van der Waals surface area contributed by atoms with Crippen LogP contribution in [0.25, 0.3) is 11.0 Å². The molecule has 1 aromatic carbocycles. The summed E-state index contributed by atoms with van der Waals surface area (Å²) in [6, 6.07) is 5.42. The zero-order valence-electron chi connectivity index (χ0n) is 11.0. The topological polar surface area (TPSA) is 46.1 Å². The maximum atomic E-state index is 12.3. The van der Waals surface area contributed by atoms with Crippen LogP contribution in [0.15, 0.2) is 30.6 Å². The van der Waals surface area contributed by atoms with E-state index in [0.717, 1.165) is 24.0 Å². The van der Waals surface area contributed by atoms with Crippen molar-refractivity contribution < 1.29 is 4.79 Å². The highest BCUT2D eigenvalue weighted by Crippen LogP contribution is 2.13. The van der Waals surface area contributed by atoms with Gasteiger partial charge >= 0.3 is 0 Å². The predicted molar refractivity (Wildman–Crippen MR) is 79.5 cm³/mol. The molecule has 2 aromatic rings. The zero-order valence-corrected chi connectivity index (χ0v) is 12.6. The van der Waals surface area contributed by atoms with Gasteiger partial charge in [0.15, 0.2) is 0 Å². The summed E-state index contributed by atoms with van der Waals surface area (Å²) in [6.07, 6.45) is 4.20. The molecular weight excluding hydrogens is 306 g/mol. The summed E-state index contributed by atoms with van der Waals surface area (Å²) in [7, 11) is 1.82. The summed E-state index contributed by atoms with van der Waals surface area (Å²) >= 11 is 3.48. The molecule has 0 N–H and O–H groups in total. The Morgan fingerprint density at radius 2 is 2.00 bits per heavy atom. The van der Waals surface area contributed by atoms with Gasteiger partial charge in [-0.05, 0) is 24.6 Å². The minimum Gasteiger partial charge on any atom is -0.342 e. The highest BCUT2D eigenvalue weighted by atomic mass is 79.9. The smallest absolute Gasteiger partial charge is 0.253 e. The molecule has 0 spiro atoms. The molecule has 19 heavy (non-hydrogen) atoms. The maximum Gasteiger partial charge on any atom is 0.253 e. The van der Waals surface area contributed by atoms with E-state index in [4.69, 9.17) is 0 Å². The van der Waals surface area contributed by atoms with E-state index in [2.05, 4.69) is 32.8 Å². The Bertz CT molecular complexity index is 586. The Morgan fingerprint density at radius 1 is 1.32 bits per heavy atom. The van der Waals surface area contributed by atoms with Crippen molar-refractivity contribution in [3.05, 3.63) is 36.2 Å². The van der Waals surface area contributed by atoms with Gasteiger partial charge in [0.1, 0.15) is 0 Å². The Hall–Kier alpha value is -1.49. The van der Waals surface area contributed by atoms with E-state index in [0.29, 0.717) is 10.4 Å². The number of amides is 1. The summed E-state index contributed by atoms with van der Waals surface area (Å²) in [6.45, 7) is 2.80. The summed E-state index contributed by atoms with van der Waals surface area (Å²) in [5.74, 6) is 0.0145. The average molecular weight is 322 g/mol. The van der Waals surface area contributed by atoms with Crippen LogP contribution in [0.5, 0.6) is 0 Å². The number of carbonyl (C=O) groups excluding carboxylic acids is 1. The predicted octanol–water partition coefficient (Wildman–Crippen LogP) is 2.88. The van der Waals surface area contributed by atoms with Crippen molar-refractivity contribution in [2.45, 2.75) is 18.2 Å². The van der Waals surface area contributed by atoms with Gasteiger partial charge in [0.05, 0.1) is 11.0 Å². The van der Waals surface area contributed by atoms with Gasteiger partial charge in [0.2, 0.25) is 0 Å². The van der Waals surface area contributed by atoms with Crippen molar-refractivity contribution >= 4 is 32.9 Å². The van der Waals surface area contributed by atoms with E-state index < -0.39 is 0 Å². The number of rotatable bonds is 4. The van der Waals surface area contributed by atoms with Gasteiger partial charge in [-0.15, -0.1) is 0 Å². The first-order valence-electron chi connectivity index (χ1n) is 6.18. The molecule has 4 nitrogen and oxygen atoms in total. The molecule has 0 bridgehead atoms. The van der Waals surface area contributed by atoms with Gasteiger partial charge in [0.25, 0.3) is 5.91 Å². The number of aromatic nitrogens is 2. The monoisotopic (exact) mass is 321 g/mol. The van der Waals surface area contributed by atoms with Crippen molar-refractivity contribution in [3.63, 3.8) is 0 Å². The van der Waals surface area contributed by atoms with Crippen LogP contribution >= 0.6 is 15.9 Å². The van der Waals surface area contributed by atoms with Crippen molar-refractivity contribution in [3.8, 4) is 0 Å². The molecule has 0 radical (unpaired) electrons. The van der Waals surface area contributed by atoms with E-state index in [9.17, 15) is 4.79 Å². The number of fused-ring (bicyclic) bond motifs is 1. The Labute approximate surface area is 121 Å². The van der Waals surface area contributed by atoms with Gasteiger partial charge < -0.3 is 4.90 Å². The highest BCUT2D eigenvalue weighted by Gasteiger charge is 2.13. The Morgan fingerprint density at radius 3 is 2.68 bits per heavy atom. The second kappa shape index (κ2) is 6.10. The second-order valence-electron chi connectivity index (χ2n) is 4.56. The van der Waals surface area contributed by atoms with Gasteiger partial charge in [-0.2, -0.15) is 0 Å². The average Bonchev–Trinajstić information content (AvgIpc) is 2.43. The van der Waals surface area contributed by atoms with Crippen molar-refractivity contribution in [2.75, 3.05) is 13.6 Å². The van der Waals surface area contributed by atoms with Gasteiger partial charge in [-0.3, -0.25) is 14.8 Å². The summed E-state index contributed by atoms with van der Waals surface area (Å²) in [5.41, 5.74) is 2.20. The SMILES string of the molecule is CC(Br)CCN(C)C(=O)c1ccc2nccnc2c1. The number of hydrogen-bond donors (Lipinski definition) is 0. The third kappa shape index (κ3) is 3.50. The second-order valence-corrected chi connectivity index (χ2v) is 6.12. The number of alkyl halides is 1. The third-order valence-electron chi connectivity index (χ3n) is 2.93. The van der Waals surface area contributed by atoms with Crippen LogP contribution in [-0.2, 0) is 0 Å². The fourth-order valence-electron chi connectivity index (χ4n) is 1.79. The quantitative estimate of drug-likeness (QED) is 0.813. The third-order valence-corrected chi connectivity index (χ3v) is 3.38. The molecule has 1 unspecified atom stereocenters. The summed E-state index contributed by atoms with van der Waals surface area (Å²) < 4.78 is 0. The standard InChI is InChI=1S/C14H16BrN3O/c1-10(15)5-8-18(2)14(19)11-3-4-12-13(9-11)17-7-6-16-12/h3-4,6-7,9-10H,5,8H2,1-2H3. The first-order valence-corrected chi connectivity index (χ1v) is 7.10. The van der Waals surface area contributed by atoms with Gasteiger partial charge in [-0.1, -0.05) is 22.9 Å². The molecule has 0 aliphatic carbocycles. The molecule has 2 rings (SSSR count). The van der Waals surface area contributed by atoms with Crippen LogP contribution in [-0.4, -0.2) is 39.2 Å². The normalized spacial score (nSPS) is 12.4. The number of hydrogen-bond acceptors (Lipinski definition) is 3.